The third-order valence-electron chi connectivity index (χ3n) is 3.49. The number of para-hydroxylation sites is 2. The molecule has 1 saturated heterocycles. The number of esters is 1. The van der Waals surface area contributed by atoms with Gasteiger partial charge in [0.15, 0.2) is 5.75 Å². The zero-order valence-corrected chi connectivity index (χ0v) is 11.2. The van der Waals surface area contributed by atoms with Gasteiger partial charge in [0.2, 0.25) is 5.76 Å². The van der Waals surface area contributed by atoms with Crippen LogP contribution >= 0.6 is 0 Å². The highest BCUT2D eigenvalue weighted by Crippen LogP contribution is 2.30. The van der Waals surface area contributed by atoms with E-state index in [1.165, 1.54) is 25.5 Å². The summed E-state index contributed by atoms with van der Waals surface area (Å²) in [5, 5.41) is 0. The Kier molecular flexibility index (Phi) is 3.72. The standard InChI is InChI=1S/C16H17NO3/c18-16(15-9-6-12-19-15)20-14-8-3-2-7-13(14)17-10-4-1-5-11-17/h2-3,6-9,12H,1,4-5,10-11H2. The van der Waals surface area contributed by atoms with Gasteiger partial charge in [-0.2, -0.15) is 0 Å². The molecule has 1 aromatic heterocycles. The zero-order valence-electron chi connectivity index (χ0n) is 11.2. The Morgan fingerprint density at radius 3 is 2.60 bits per heavy atom. The molecule has 0 atom stereocenters. The van der Waals surface area contributed by atoms with E-state index < -0.39 is 5.97 Å². The van der Waals surface area contributed by atoms with Crippen molar-refractivity contribution in [2.75, 3.05) is 18.0 Å². The van der Waals surface area contributed by atoms with E-state index in [2.05, 4.69) is 4.90 Å². The van der Waals surface area contributed by atoms with Gasteiger partial charge >= 0.3 is 5.97 Å². The molecule has 2 heterocycles. The van der Waals surface area contributed by atoms with Gasteiger partial charge in [-0.1, -0.05) is 12.1 Å². The Morgan fingerprint density at radius 1 is 1.05 bits per heavy atom. The molecule has 2 aromatic rings. The SMILES string of the molecule is O=C(Oc1ccccc1N1CCCCC1)c1ccco1. The van der Waals surface area contributed by atoms with Crippen molar-refractivity contribution in [2.45, 2.75) is 19.3 Å². The summed E-state index contributed by atoms with van der Waals surface area (Å²) < 4.78 is 10.5. The molecule has 3 rings (SSSR count). The minimum atomic E-state index is -0.459. The monoisotopic (exact) mass is 271 g/mol. The van der Waals surface area contributed by atoms with E-state index in [-0.39, 0.29) is 5.76 Å². The second-order valence-corrected chi connectivity index (χ2v) is 4.88. The van der Waals surface area contributed by atoms with Crippen molar-refractivity contribution >= 4 is 11.7 Å². The number of hydrogen-bond donors (Lipinski definition) is 0. The number of rotatable bonds is 3. The van der Waals surface area contributed by atoms with E-state index in [4.69, 9.17) is 9.15 Å². The average Bonchev–Trinajstić information content (AvgIpc) is 3.03. The van der Waals surface area contributed by atoms with Crippen LogP contribution in [0.3, 0.4) is 0 Å². The third kappa shape index (κ3) is 2.69. The van der Waals surface area contributed by atoms with E-state index in [1.54, 1.807) is 12.1 Å². The van der Waals surface area contributed by atoms with E-state index in [1.807, 2.05) is 24.3 Å². The fourth-order valence-electron chi connectivity index (χ4n) is 2.48. The summed E-state index contributed by atoms with van der Waals surface area (Å²) in [6.45, 7) is 2.02. The average molecular weight is 271 g/mol. The molecule has 4 nitrogen and oxygen atoms in total. The Bertz CT molecular complexity index is 571. The Hall–Kier alpha value is -2.23. The number of nitrogens with zero attached hydrogens (tertiary/aromatic N) is 1. The normalized spacial score (nSPS) is 15.1. The molecule has 1 fully saturated rings. The van der Waals surface area contributed by atoms with Crippen LogP contribution in [0.2, 0.25) is 0 Å². The summed E-state index contributed by atoms with van der Waals surface area (Å²) in [7, 11) is 0. The summed E-state index contributed by atoms with van der Waals surface area (Å²) in [6, 6.07) is 10.9. The number of ether oxygens (including phenoxy) is 1. The molecule has 1 aliphatic heterocycles. The second kappa shape index (κ2) is 5.82. The first kappa shape index (κ1) is 12.8. The maximum Gasteiger partial charge on any atom is 0.379 e. The lowest BCUT2D eigenvalue weighted by Crippen LogP contribution is -2.30. The summed E-state index contributed by atoms with van der Waals surface area (Å²) in [5.41, 5.74) is 0.979. The topological polar surface area (TPSA) is 42.7 Å². The largest absolute Gasteiger partial charge is 0.457 e. The predicted octanol–water partition coefficient (Wildman–Crippen LogP) is 3.49. The number of furan rings is 1. The van der Waals surface area contributed by atoms with E-state index >= 15 is 0 Å². The van der Waals surface area contributed by atoms with E-state index in [0.717, 1.165) is 18.8 Å². The van der Waals surface area contributed by atoms with Crippen molar-refractivity contribution in [1.29, 1.82) is 0 Å². The summed E-state index contributed by atoms with van der Waals surface area (Å²) in [5.74, 6) is 0.355. The lowest BCUT2D eigenvalue weighted by atomic mass is 10.1. The highest BCUT2D eigenvalue weighted by Gasteiger charge is 2.18. The number of benzene rings is 1. The van der Waals surface area contributed by atoms with Crippen molar-refractivity contribution in [2.24, 2.45) is 0 Å². The van der Waals surface area contributed by atoms with Crippen LogP contribution in [0.1, 0.15) is 29.8 Å². The maximum atomic E-state index is 12.0. The molecule has 104 valence electrons. The molecular weight excluding hydrogens is 254 g/mol. The van der Waals surface area contributed by atoms with Crippen molar-refractivity contribution in [3.8, 4) is 5.75 Å². The molecular formula is C16H17NO3. The molecule has 0 aliphatic carbocycles. The number of anilines is 1. The van der Waals surface area contributed by atoms with Gasteiger partial charge in [0.25, 0.3) is 0 Å². The maximum absolute atomic E-state index is 12.0. The van der Waals surface area contributed by atoms with Gasteiger partial charge in [0.05, 0.1) is 12.0 Å². The number of carbonyl (C=O) groups is 1. The molecule has 0 saturated carbocycles. The third-order valence-corrected chi connectivity index (χ3v) is 3.49. The van der Waals surface area contributed by atoms with Crippen molar-refractivity contribution in [3.05, 3.63) is 48.4 Å². The molecule has 4 heteroatoms. The Morgan fingerprint density at radius 2 is 1.85 bits per heavy atom. The first-order valence-corrected chi connectivity index (χ1v) is 6.94. The molecule has 20 heavy (non-hydrogen) atoms. The summed E-state index contributed by atoms with van der Waals surface area (Å²) in [6.07, 6.45) is 5.10. The first-order chi connectivity index (χ1) is 9.84. The van der Waals surface area contributed by atoms with Gasteiger partial charge in [0, 0.05) is 13.1 Å². The quantitative estimate of drug-likeness (QED) is 0.633. The van der Waals surface area contributed by atoms with Gasteiger partial charge in [-0.3, -0.25) is 0 Å². The fraction of sp³-hybridized carbons (Fsp3) is 0.312. The van der Waals surface area contributed by atoms with E-state index in [9.17, 15) is 4.79 Å². The minimum Gasteiger partial charge on any atom is -0.457 e. The summed E-state index contributed by atoms with van der Waals surface area (Å²) >= 11 is 0. The number of hydrogen-bond acceptors (Lipinski definition) is 4. The number of piperidine rings is 1. The second-order valence-electron chi connectivity index (χ2n) is 4.88. The first-order valence-electron chi connectivity index (χ1n) is 6.94. The van der Waals surface area contributed by atoms with Gasteiger partial charge < -0.3 is 14.1 Å². The molecule has 1 aliphatic rings. The Labute approximate surface area is 118 Å². The highest BCUT2D eigenvalue weighted by atomic mass is 16.5. The van der Waals surface area contributed by atoms with Crippen molar-refractivity contribution < 1.29 is 13.9 Å². The van der Waals surface area contributed by atoms with Crippen LogP contribution in [-0.4, -0.2) is 19.1 Å². The molecule has 0 bridgehead atoms. The van der Waals surface area contributed by atoms with Crippen molar-refractivity contribution in [1.82, 2.24) is 0 Å². The lowest BCUT2D eigenvalue weighted by Gasteiger charge is -2.29. The van der Waals surface area contributed by atoms with Crippen molar-refractivity contribution in [3.63, 3.8) is 0 Å². The van der Waals surface area contributed by atoms with Crippen LogP contribution in [0.15, 0.2) is 47.1 Å². The van der Waals surface area contributed by atoms with Gasteiger partial charge in [-0.15, -0.1) is 0 Å². The lowest BCUT2D eigenvalue weighted by molar-refractivity contribution is 0.0702. The molecule has 0 N–H and O–H groups in total. The van der Waals surface area contributed by atoms with Gasteiger partial charge in [0.1, 0.15) is 0 Å². The van der Waals surface area contributed by atoms with Crippen LogP contribution in [0.25, 0.3) is 0 Å². The zero-order chi connectivity index (χ0) is 13.8. The molecule has 1 aromatic carbocycles. The van der Waals surface area contributed by atoms with Crippen LogP contribution in [0, 0.1) is 0 Å². The van der Waals surface area contributed by atoms with Crippen LogP contribution in [0.4, 0.5) is 5.69 Å². The van der Waals surface area contributed by atoms with Crippen LogP contribution in [-0.2, 0) is 0 Å². The highest BCUT2D eigenvalue weighted by molar-refractivity contribution is 5.89. The van der Waals surface area contributed by atoms with Gasteiger partial charge in [-0.05, 0) is 43.5 Å². The summed E-state index contributed by atoms with van der Waals surface area (Å²) in [4.78, 5) is 14.2. The predicted molar refractivity (Wildman–Crippen MR) is 76.2 cm³/mol. The smallest absolute Gasteiger partial charge is 0.379 e. The van der Waals surface area contributed by atoms with Crippen LogP contribution < -0.4 is 9.64 Å². The molecule has 0 radical (unpaired) electrons. The minimum absolute atomic E-state index is 0.221. The molecule has 0 spiro atoms. The fourth-order valence-corrected chi connectivity index (χ4v) is 2.48. The molecule has 0 amide bonds. The number of carbonyl (C=O) groups excluding carboxylic acids is 1. The van der Waals surface area contributed by atoms with Crippen LogP contribution in [0.5, 0.6) is 5.75 Å². The Balaban J connectivity index is 1.80. The van der Waals surface area contributed by atoms with Gasteiger partial charge in [-0.25, -0.2) is 4.79 Å². The molecule has 0 unspecified atom stereocenters. The van der Waals surface area contributed by atoms with E-state index in [0.29, 0.717) is 5.75 Å².